The second-order valence-electron chi connectivity index (χ2n) is 6.63. The molecule has 18 heavy (non-hydrogen) atoms. The van der Waals surface area contributed by atoms with Gasteiger partial charge in [-0.05, 0) is 47.6 Å². The highest BCUT2D eigenvalue weighted by Crippen LogP contribution is 2.07. The molecule has 0 radical (unpaired) electrons. The van der Waals surface area contributed by atoms with Crippen LogP contribution < -0.4 is 5.32 Å². The molecule has 0 amide bonds. The minimum atomic E-state index is -0.0796. The summed E-state index contributed by atoms with van der Waals surface area (Å²) in [6.45, 7) is 14.9. The lowest BCUT2D eigenvalue weighted by atomic mass is 10.1. The third kappa shape index (κ3) is 6.77. The van der Waals surface area contributed by atoms with Crippen LogP contribution >= 0.6 is 0 Å². The van der Waals surface area contributed by atoms with Crippen molar-refractivity contribution in [2.75, 3.05) is 6.61 Å². The van der Waals surface area contributed by atoms with Gasteiger partial charge in [-0.15, -0.1) is 0 Å². The fraction of sp³-hybridized carbons (Fsp3) is 0.786. The van der Waals surface area contributed by atoms with Crippen LogP contribution in [0.2, 0.25) is 0 Å². The van der Waals surface area contributed by atoms with Gasteiger partial charge in [0.05, 0.1) is 24.4 Å². The monoisotopic (exact) mass is 253 g/mol. The van der Waals surface area contributed by atoms with Gasteiger partial charge < -0.3 is 10.1 Å². The van der Waals surface area contributed by atoms with Crippen LogP contribution in [0.4, 0.5) is 0 Å². The predicted molar refractivity (Wildman–Crippen MR) is 74.5 cm³/mol. The van der Waals surface area contributed by atoms with Crippen molar-refractivity contribution in [3.05, 3.63) is 18.0 Å². The quantitative estimate of drug-likeness (QED) is 0.876. The van der Waals surface area contributed by atoms with Crippen molar-refractivity contribution in [3.63, 3.8) is 0 Å². The van der Waals surface area contributed by atoms with Gasteiger partial charge in [-0.3, -0.25) is 4.68 Å². The Bertz CT molecular complexity index is 358. The zero-order valence-corrected chi connectivity index (χ0v) is 12.6. The summed E-state index contributed by atoms with van der Waals surface area (Å²) >= 11 is 0. The Kier molecular flexibility index (Phi) is 4.93. The van der Waals surface area contributed by atoms with E-state index in [0.717, 1.165) is 18.8 Å². The molecule has 1 heterocycles. The third-order valence-electron chi connectivity index (χ3n) is 2.35. The first-order valence-corrected chi connectivity index (χ1v) is 6.57. The number of aromatic nitrogens is 2. The highest BCUT2D eigenvalue weighted by molar-refractivity contribution is 4.99. The molecule has 1 N–H and O–H groups in total. The van der Waals surface area contributed by atoms with Gasteiger partial charge in [-0.25, -0.2) is 0 Å². The average molecular weight is 253 g/mol. The molecule has 1 aromatic rings. The molecule has 0 aliphatic heterocycles. The first-order valence-electron chi connectivity index (χ1n) is 6.57. The van der Waals surface area contributed by atoms with Crippen molar-refractivity contribution in [3.8, 4) is 0 Å². The van der Waals surface area contributed by atoms with E-state index in [-0.39, 0.29) is 11.1 Å². The summed E-state index contributed by atoms with van der Waals surface area (Å²) < 4.78 is 7.62. The van der Waals surface area contributed by atoms with Gasteiger partial charge in [0.25, 0.3) is 0 Å². The molecule has 0 saturated heterocycles. The van der Waals surface area contributed by atoms with Crippen LogP contribution in [0.5, 0.6) is 0 Å². The second-order valence-corrected chi connectivity index (χ2v) is 6.63. The third-order valence-corrected chi connectivity index (χ3v) is 2.35. The molecule has 4 nitrogen and oxygen atoms in total. The van der Waals surface area contributed by atoms with Crippen LogP contribution in [0.1, 0.15) is 47.2 Å². The lowest BCUT2D eigenvalue weighted by Crippen LogP contribution is -2.35. The SMILES string of the molecule is CC(C)(C)NCc1ccn(CCOC(C)(C)C)n1. The molecule has 104 valence electrons. The molecule has 0 unspecified atom stereocenters. The van der Waals surface area contributed by atoms with E-state index in [2.05, 4.69) is 58.0 Å². The minimum absolute atomic E-state index is 0.0796. The van der Waals surface area contributed by atoms with Gasteiger partial charge in [0.2, 0.25) is 0 Å². The first kappa shape index (κ1) is 15.2. The number of hydrogen-bond acceptors (Lipinski definition) is 3. The Morgan fingerprint density at radius 2 is 1.89 bits per heavy atom. The summed E-state index contributed by atoms with van der Waals surface area (Å²) in [4.78, 5) is 0. The van der Waals surface area contributed by atoms with E-state index in [4.69, 9.17) is 4.74 Å². The van der Waals surface area contributed by atoms with Gasteiger partial charge in [-0.2, -0.15) is 5.10 Å². The fourth-order valence-electron chi connectivity index (χ4n) is 1.42. The number of hydrogen-bond donors (Lipinski definition) is 1. The molecule has 0 aliphatic carbocycles. The first-order chi connectivity index (χ1) is 8.16. The molecule has 0 aliphatic rings. The highest BCUT2D eigenvalue weighted by Gasteiger charge is 2.11. The van der Waals surface area contributed by atoms with Gasteiger partial charge in [0.15, 0.2) is 0 Å². The van der Waals surface area contributed by atoms with Crippen molar-refractivity contribution in [1.29, 1.82) is 0 Å². The van der Waals surface area contributed by atoms with Gasteiger partial charge in [0, 0.05) is 18.3 Å². The summed E-state index contributed by atoms with van der Waals surface area (Å²) in [5, 5.41) is 7.93. The van der Waals surface area contributed by atoms with E-state index in [1.165, 1.54) is 0 Å². The van der Waals surface area contributed by atoms with E-state index in [0.29, 0.717) is 6.61 Å². The standard InChI is InChI=1S/C14H27N3O/c1-13(2,3)15-11-12-7-8-17(16-12)9-10-18-14(4,5)6/h7-8,15H,9-11H2,1-6H3. The zero-order valence-electron chi connectivity index (χ0n) is 12.6. The Labute approximate surface area is 111 Å². The highest BCUT2D eigenvalue weighted by atomic mass is 16.5. The van der Waals surface area contributed by atoms with Crippen LogP contribution in [-0.2, 0) is 17.8 Å². The van der Waals surface area contributed by atoms with E-state index < -0.39 is 0 Å². The van der Waals surface area contributed by atoms with Gasteiger partial charge in [-0.1, -0.05) is 0 Å². The van der Waals surface area contributed by atoms with E-state index in [9.17, 15) is 0 Å². The van der Waals surface area contributed by atoms with Crippen molar-refractivity contribution in [1.82, 2.24) is 15.1 Å². The second kappa shape index (κ2) is 5.85. The van der Waals surface area contributed by atoms with Crippen LogP contribution in [0.25, 0.3) is 0 Å². The van der Waals surface area contributed by atoms with Crippen molar-refractivity contribution in [2.45, 2.75) is 65.8 Å². The summed E-state index contributed by atoms with van der Waals surface area (Å²) in [7, 11) is 0. The average Bonchev–Trinajstić information content (AvgIpc) is 2.60. The molecule has 0 fully saturated rings. The Balaban J connectivity index is 2.35. The van der Waals surface area contributed by atoms with Gasteiger partial charge >= 0.3 is 0 Å². The van der Waals surface area contributed by atoms with Crippen molar-refractivity contribution >= 4 is 0 Å². The Morgan fingerprint density at radius 3 is 2.44 bits per heavy atom. The molecule has 0 aromatic carbocycles. The van der Waals surface area contributed by atoms with Crippen LogP contribution in [0.15, 0.2) is 12.3 Å². The van der Waals surface area contributed by atoms with Crippen LogP contribution in [0, 0.1) is 0 Å². The Morgan fingerprint density at radius 1 is 1.22 bits per heavy atom. The van der Waals surface area contributed by atoms with E-state index in [1.807, 2.05) is 10.9 Å². The van der Waals surface area contributed by atoms with Crippen LogP contribution in [-0.4, -0.2) is 27.5 Å². The van der Waals surface area contributed by atoms with Gasteiger partial charge in [0.1, 0.15) is 0 Å². The summed E-state index contributed by atoms with van der Waals surface area (Å²) in [6.07, 6.45) is 2.01. The molecule has 0 saturated carbocycles. The lowest BCUT2D eigenvalue weighted by Gasteiger charge is -2.20. The molecule has 1 aromatic heterocycles. The molecular weight excluding hydrogens is 226 g/mol. The molecule has 0 atom stereocenters. The van der Waals surface area contributed by atoms with Crippen LogP contribution in [0.3, 0.4) is 0 Å². The lowest BCUT2D eigenvalue weighted by molar-refractivity contribution is -0.00792. The minimum Gasteiger partial charge on any atom is -0.374 e. The molecule has 4 heteroatoms. The predicted octanol–water partition coefficient (Wildman–Crippen LogP) is 2.59. The maximum Gasteiger partial charge on any atom is 0.0762 e. The maximum atomic E-state index is 5.68. The number of nitrogens with one attached hydrogen (secondary N) is 1. The fourth-order valence-corrected chi connectivity index (χ4v) is 1.42. The molecular formula is C14H27N3O. The van der Waals surface area contributed by atoms with Crippen molar-refractivity contribution in [2.24, 2.45) is 0 Å². The number of ether oxygens (including phenoxy) is 1. The maximum absolute atomic E-state index is 5.68. The largest absolute Gasteiger partial charge is 0.374 e. The Hall–Kier alpha value is -0.870. The van der Waals surface area contributed by atoms with E-state index >= 15 is 0 Å². The van der Waals surface area contributed by atoms with Crippen molar-refractivity contribution < 1.29 is 4.74 Å². The molecule has 0 bridgehead atoms. The number of rotatable bonds is 5. The summed E-state index contributed by atoms with van der Waals surface area (Å²) in [6, 6.07) is 2.05. The smallest absolute Gasteiger partial charge is 0.0762 e. The summed E-state index contributed by atoms with van der Waals surface area (Å²) in [5.41, 5.74) is 1.11. The molecule has 1 rings (SSSR count). The van der Waals surface area contributed by atoms with E-state index in [1.54, 1.807) is 0 Å². The zero-order chi connectivity index (χ0) is 13.8. The number of nitrogens with zero attached hydrogens (tertiary/aromatic N) is 2. The summed E-state index contributed by atoms with van der Waals surface area (Å²) in [5.74, 6) is 0. The normalized spacial score (nSPS) is 13.0. The molecule has 0 spiro atoms. The topological polar surface area (TPSA) is 39.1 Å².